The van der Waals surface area contributed by atoms with Crippen molar-refractivity contribution in [3.8, 4) is 35.7 Å². The Morgan fingerprint density at radius 1 is 0.346 bits per heavy atom. The van der Waals surface area contributed by atoms with Gasteiger partial charge in [-0.1, -0.05) is 140 Å². The first-order valence-electron chi connectivity index (χ1n) is 36.1. The van der Waals surface area contributed by atoms with E-state index in [0.29, 0.717) is 67.3 Å². The van der Waals surface area contributed by atoms with Crippen LogP contribution in [0.4, 0.5) is 0 Å². The molecule has 0 aliphatic heterocycles. The number of carbonyl (C=O) groups excluding carboxylic acids is 6. The van der Waals surface area contributed by atoms with E-state index in [1.807, 2.05) is 65.7 Å². The van der Waals surface area contributed by atoms with Gasteiger partial charge in [-0.25, -0.2) is 0 Å². The lowest BCUT2D eigenvalue weighted by Gasteiger charge is -2.32. The van der Waals surface area contributed by atoms with E-state index in [2.05, 4.69) is 146 Å². The highest BCUT2D eigenvalue weighted by atomic mass is 16.6. The van der Waals surface area contributed by atoms with Crippen LogP contribution in [0, 0.1) is 42.4 Å². The van der Waals surface area contributed by atoms with Crippen molar-refractivity contribution in [1.82, 2.24) is 72.6 Å². The molecule has 0 fully saturated rings. The molecule has 0 spiro atoms. The number of methoxy groups -OCH3 is 6. The number of aromatic nitrogens is 6. The highest BCUT2D eigenvalue weighted by Crippen LogP contribution is 2.30. The Morgan fingerprint density at radius 3 is 0.813 bits per heavy atom. The minimum Gasteiger partial charge on any atom is -0.467 e. The van der Waals surface area contributed by atoms with Crippen molar-refractivity contribution in [2.24, 2.45) is 21.7 Å². The van der Waals surface area contributed by atoms with E-state index in [-0.39, 0.29) is 127 Å². The molecule has 0 saturated heterocycles. The summed E-state index contributed by atoms with van der Waals surface area (Å²) in [7, 11) is 16.7. The van der Waals surface area contributed by atoms with Gasteiger partial charge in [0.05, 0.1) is 77.5 Å². The Morgan fingerprint density at radius 2 is 0.589 bits per heavy atom. The predicted octanol–water partition coefficient (Wildman–Crippen LogP) is 12.2. The minimum absolute atomic E-state index is 0.0894. The average Bonchev–Trinajstić information content (AvgIpc) is 1.72. The molecule has 6 rings (SSSR count). The average molecular weight is 1510 g/mol. The van der Waals surface area contributed by atoms with Crippen LogP contribution in [0.3, 0.4) is 0 Å². The van der Waals surface area contributed by atoms with Crippen LogP contribution in [0.15, 0.2) is 45.3 Å². The second-order valence-corrected chi connectivity index (χ2v) is 29.8. The fraction of sp³-hybridized carbons (Fsp3) is 0.680. The smallest absolute Gasteiger partial charge is 0.314 e. The summed E-state index contributed by atoms with van der Waals surface area (Å²) >= 11 is 0. The highest BCUT2D eigenvalue weighted by Gasteiger charge is 2.30. The first kappa shape index (κ1) is 95.8. The summed E-state index contributed by atoms with van der Waals surface area (Å²) in [4.78, 5) is 75.4. The first-order valence-corrected chi connectivity index (χ1v) is 36.1. The topological polar surface area (TPSA) is 393 Å². The summed E-state index contributed by atoms with van der Waals surface area (Å²) < 4.78 is 58.4. The van der Waals surface area contributed by atoms with Crippen LogP contribution >= 0.6 is 0 Å². The lowest BCUT2D eigenvalue weighted by atomic mass is 9.83. The summed E-state index contributed by atoms with van der Waals surface area (Å²) in [5.74, 6) is 0.137. The van der Waals surface area contributed by atoms with Gasteiger partial charge in [-0.15, -0.1) is 0 Å². The van der Waals surface area contributed by atoms with E-state index >= 15 is 0 Å². The number of hydrogen-bond donors (Lipinski definition) is 6. The maximum Gasteiger partial charge on any atom is 0.314 e. The second kappa shape index (κ2) is 46.1. The Balaban J connectivity index is 0.000000642. The molecule has 0 saturated carbocycles. The van der Waals surface area contributed by atoms with E-state index < -0.39 is 0 Å². The van der Waals surface area contributed by atoms with Gasteiger partial charge < -0.3 is 97.3 Å². The molecule has 6 N–H and O–H groups in total. The van der Waals surface area contributed by atoms with Crippen LogP contribution in [-0.2, 0) is 0 Å². The number of carbonyl (C=O) groups is 6. The number of amides is 6. The van der Waals surface area contributed by atoms with Crippen molar-refractivity contribution in [3.05, 3.63) is 69.1 Å². The first-order chi connectivity index (χ1) is 50.1. The van der Waals surface area contributed by atoms with Gasteiger partial charge in [0.15, 0.2) is 34.2 Å². The minimum atomic E-state index is -0.271. The summed E-state index contributed by atoms with van der Waals surface area (Å²) in [5, 5.41) is 39.3. The van der Waals surface area contributed by atoms with Gasteiger partial charge in [0.2, 0.25) is 0 Å². The van der Waals surface area contributed by atoms with Gasteiger partial charge in [0.1, 0.15) is 0 Å². The van der Waals surface area contributed by atoms with E-state index in [1.165, 1.54) is 60.9 Å². The molecule has 0 aliphatic carbocycles. The van der Waals surface area contributed by atoms with Crippen molar-refractivity contribution in [2.75, 3.05) is 110 Å². The molecule has 6 amide bonds. The third-order valence-electron chi connectivity index (χ3n) is 18.5. The monoisotopic (exact) mass is 1510 g/mol. The molecule has 6 heterocycles. The molecule has 32 heteroatoms. The van der Waals surface area contributed by atoms with Gasteiger partial charge in [0, 0.05) is 50.3 Å². The Labute approximate surface area is 633 Å². The van der Waals surface area contributed by atoms with E-state index in [9.17, 15) is 28.8 Å². The number of nitrogens with one attached hydrogen (secondary N) is 6. The van der Waals surface area contributed by atoms with Gasteiger partial charge in [0.25, 0.3) is 35.4 Å². The molecule has 0 aromatic carbocycles. The number of rotatable bonds is 36. The van der Waals surface area contributed by atoms with Crippen molar-refractivity contribution in [3.63, 3.8) is 0 Å². The summed E-state index contributed by atoms with van der Waals surface area (Å²) in [5.41, 5.74) is 3.64. The fourth-order valence-corrected chi connectivity index (χ4v) is 9.73. The van der Waals surface area contributed by atoms with Gasteiger partial charge >= 0.3 is 35.7 Å². The molecule has 0 radical (unpaired) electrons. The molecule has 2 atom stereocenters. The maximum absolute atomic E-state index is 12.1. The van der Waals surface area contributed by atoms with Gasteiger partial charge in [-0.3, -0.25) is 28.8 Å². The molecule has 107 heavy (non-hydrogen) atoms. The molecule has 0 bridgehead atoms. The standard InChI is InChI=1S/C14H24N2O3.2C13H22N2O3.C12H21N3O3.C12H20N2O3.C11H19N3O3/c1-6-8-14(4,7-2)9-15-12(17)11-10(3)13(18-5)19-16-11;1-6-7-13(3,4)8-14-11(16)10-9(2)12(17-5)18-15-10;1-5-7-13(3,6-2)9-14-12(16)10-8-11(17-4)18-15-10;1-8-9(14-18-11(8)17-6)10(16)13-7-12(2,3)15(4)5;1-5-6-12(2,3)8-13-11(15)9-7-10(16-4)17-14-9;1-11(2,14(3)4)7-12-10(15)8-6-9(16-5)17-13-8/h6-9H2,1-5H3,(H,15,17);6-8H2,1-5H3,(H,14,16);8H,5-7,9H2,1-4H3,(H,14,16);7H2,1-6H3,(H,13,16);7H,5-6,8H2,1-4H3,(H,13,15);6H,7H2,1-5H3,(H,12,15). The van der Waals surface area contributed by atoms with Crippen molar-refractivity contribution in [2.45, 2.75) is 207 Å². The van der Waals surface area contributed by atoms with Crippen LogP contribution < -0.4 is 60.3 Å². The van der Waals surface area contributed by atoms with Gasteiger partial charge in [-0.05, 0) is 137 Å². The van der Waals surface area contributed by atoms with Gasteiger partial charge in [-0.2, -0.15) is 0 Å². The van der Waals surface area contributed by atoms with E-state index in [1.54, 1.807) is 20.8 Å². The lowest BCUT2D eigenvalue weighted by molar-refractivity contribution is 0.0903. The molecular weight excluding hydrogens is 1380 g/mol. The van der Waals surface area contributed by atoms with Crippen LogP contribution in [0.25, 0.3) is 0 Å². The third kappa shape index (κ3) is 32.8. The molecule has 2 unspecified atom stereocenters. The lowest BCUT2D eigenvalue weighted by Crippen LogP contribution is -2.48. The zero-order valence-corrected chi connectivity index (χ0v) is 69.5. The van der Waals surface area contributed by atoms with Crippen molar-refractivity contribution in [1.29, 1.82) is 0 Å². The number of ether oxygens (including phenoxy) is 6. The normalized spacial score (nSPS) is 12.4. The van der Waals surface area contributed by atoms with Crippen LogP contribution in [-0.4, -0.2) is 197 Å². The van der Waals surface area contributed by atoms with Crippen LogP contribution in [0.1, 0.15) is 255 Å². The zero-order chi connectivity index (χ0) is 81.7. The number of likely N-dealkylation sites (N-methyl/N-ethyl adjacent to an activating group) is 2. The largest absolute Gasteiger partial charge is 0.467 e. The quantitative estimate of drug-likeness (QED) is 0.0213. The molecular formula is C75H128N14O18. The Hall–Kier alpha value is -9.20. The van der Waals surface area contributed by atoms with Crippen LogP contribution in [0.5, 0.6) is 35.7 Å². The van der Waals surface area contributed by atoms with E-state index in [4.69, 9.17) is 55.6 Å². The van der Waals surface area contributed by atoms with Crippen LogP contribution in [0.2, 0.25) is 0 Å². The molecule has 32 nitrogen and oxygen atoms in total. The predicted molar refractivity (Wildman–Crippen MR) is 406 cm³/mol. The maximum atomic E-state index is 12.1. The fourth-order valence-electron chi connectivity index (χ4n) is 9.73. The molecule has 6 aromatic rings. The zero-order valence-electron chi connectivity index (χ0n) is 69.5. The SMILES string of the molecule is CCCC(C)(C)CNC(=O)c1cc(OC)on1.CCCC(C)(C)CNC(=O)c1noc(OC)c1C.CCCC(C)(CC)CNC(=O)c1cc(OC)on1.CCCC(C)(CC)CNC(=O)c1noc(OC)c1C.COc1cc(C(=O)NCC(C)(C)N(C)C)no1.COc1onc(C(=O)NCC(C)(C)N(C)C)c1C. The van der Waals surface area contributed by atoms with E-state index in [0.717, 1.165) is 64.2 Å². The molecule has 0 aliphatic rings. The highest BCUT2D eigenvalue weighted by molar-refractivity contribution is 5.96. The summed E-state index contributed by atoms with van der Waals surface area (Å²) in [6.07, 6.45) is 10.8. The Kier molecular flexibility index (Phi) is 41.3. The number of nitrogens with zero attached hydrogens (tertiary/aromatic N) is 8. The molecule has 6 aromatic heterocycles. The van der Waals surface area contributed by atoms with Crippen molar-refractivity contribution < 1.29 is 84.3 Å². The summed E-state index contributed by atoms with van der Waals surface area (Å²) in [6.45, 7) is 42.7. The molecule has 606 valence electrons. The number of hydrogen-bond acceptors (Lipinski definition) is 26. The van der Waals surface area contributed by atoms with Crippen molar-refractivity contribution >= 4 is 35.4 Å². The second-order valence-electron chi connectivity index (χ2n) is 29.8. The Bertz CT molecular complexity index is 3600. The third-order valence-corrected chi connectivity index (χ3v) is 18.5. The summed E-state index contributed by atoms with van der Waals surface area (Å²) in [6, 6.07) is 4.42.